The third-order valence-electron chi connectivity index (χ3n) is 6.49. The van der Waals surface area contributed by atoms with Gasteiger partial charge < -0.3 is 24.7 Å². The molecule has 0 radical (unpaired) electrons. The molecule has 146 valence electrons. The highest BCUT2D eigenvalue weighted by atomic mass is 35.5. The van der Waals surface area contributed by atoms with Gasteiger partial charge in [-0.1, -0.05) is 16.8 Å². The van der Waals surface area contributed by atoms with Crippen LogP contribution in [0.15, 0.2) is 23.1 Å². The predicted octanol–water partition coefficient (Wildman–Crippen LogP) is 3.32. The molecular formula is C20H25ClN2O4. The fourth-order valence-electron chi connectivity index (χ4n) is 5.26. The van der Waals surface area contributed by atoms with Crippen LogP contribution in [-0.2, 0) is 16.6 Å². The van der Waals surface area contributed by atoms with Gasteiger partial charge in [0, 0.05) is 34.5 Å². The summed E-state index contributed by atoms with van der Waals surface area (Å²) >= 11 is 6.61. The zero-order valence-corrected chi connectivity index (χ0v) is 16.6. The highest BCUT2D eigenvalue weighted by Gasteiger charge is 2.56. The lowest BCUT2D eigenvalue weighted by Gasteiger charge is -2.56. The van der Waals surface area contributed by atoms with E-state index in [9.17, 15) is 10.3 Å². The third-order valence-corrected chi connectivity index (χ3v) is 6.83. The van der Waals surface area contributed by atoms with Crippen LogP contribution < -0.4 is 4.74 Å². The molecule has 3 atom stereocenters. The second-order valence-corrected chi connectivity index (χ2v) is 8.01. The molecule has 27 heavy (non-hydrogen) atoms. The monoisotopic (exact) mass is 392 g/mol. The van der Waals surface area contributed by atoms with Crippen LogP contribution in [0.25, 0.3) is 0 Å². The summed E-state index contributed by atoms with van der Waals surface area (Å²) in [5.74, 6) is 1.29. The van der Waals surface area contributed by atoms with E-state index >= 15 is 0 Å². The van der Waals surface area contributed by atoms with Gasteiger partial charge in [-0.25, -0.2) is 0 Å². The van der Waals surface area contributed by atoms with Crippen LogP contribution in [-0.4, -0.2) is 54.3 Å². The molecule has 1 aromatic rings. The van der Waals surface area contributed by atoms with Crippen molar-refractivity contribution in [3.05, 3.63) is 34.1 Å². The summed E-state index contributed by atoms with van der Waals surface area (Å²) in [7, 11) is 3.65. The van der Waals surface area contributed by atoms with Crippen molar-refractivity contribution >= 4 is 17.3 Å². The smallest absolute Gasteiger partial charge is 0.162 e. The largest absolute Gasteiger partial charge is 0.504 e. The summed E-state index contributed by atoms with van der Waals surface area (Å²) in [4.78, 5) is 2.35. The van der Waals surface area contributed by atoms with E-state index in [2.05, 4.69) is 17.1 Å². The fraction of sp³-hybridized carbons (Fsp3) is 0.550. The number of rotatable bonds is 3. The first-order valence-electron chi connectivity index (χ1n) is 9.32. The highest BCUT2D eigenvalue weighted by Crippen LogP contribution is 2.58. The number of nitrogens with zero attached hydrogens (tertiary/aromatic N) is 2. The summed E-state index contributed by atoms with van der Waals surface area (Å²) in [5.41, 5.74) is 1.95. The van der Waals surface area contributed by atoms with Crippen LogP contribution in [0.3, 0.4) is 0 Å². The van der Waals surface area contributed by atoms with Crippen LogP contribution in [0.1, 0.15) is 30.9 Å². The fourth-order valence-corrected chi connectivity index (χ4v) is 5.53. The van der Waals surface area contributed by atoms with Gasteiger partial charge >= 0.3 is 0 Å². The number of phenolic OH excluding ortho intramolecular Hbond substituents is 1. The SMILES string of the molecule is CCOC1=C[C@]23CCN(C)[C@H](Cc4c(Cl)cc(OC)c(O)c42)[C@@H]3C/C1=N/O. The van der Waals surface area contributed by atoms with Crippen LogP contribution in [0, 0.1) is 5.92 Å². The standard InChI is InChI=1S/C20H25ClN2O4/c1-4-27-17-10-20-5-6-23(2)15(12(20)8-14(17)22-25)7-11-13(21)9-16(26-3)19(24)18(11)20/h9-10,12,15,24-25H,4-8H2,1-3H3/b22-14-/t12-,15+,20-/m0/s1. The first kappa shape index (κ1) is 18.4. The minimum absolute atomic E-state index is 0.154. The van der Waals surface area contributed by atoms with Gasteiger partial charge in [-0.3, -0.25) is 0 Å². The Morgan fingerprint density at radius 2 is 2.19 bits per heavy atom. The lowest BCUT2D eigenvalue weighted by molar-refractivity contribution is 0.0496. The number of oxime groups is 1. The van der Waals surface area contributed by atoms with Crippen molar-refractivity contribution in [3.63, 3.8) is 0 Å². The number of aromatic hydroxyl groups is 1. The van der Waals surface area contributed by atoms with Crippen molar-refractivity contribution in [1.29, 1.82) is 0 Å². The summed E-state index contributed by atoms with van der Waals surface area (Å²) in [6.45, 7) is 3.28. The maximum Gasteiger partial charge on any atom is 0.162 e. The third kappa shape index (κ3) is 2.53. The maximum atomic E-state index is 11.1. The second-order valence-electron chi connectivity index (χ2n) is 7.60. The molecule has 0 saturated carbocycles. The van der Waals surface area contributed by atoms with E-state index in [1.807, 2.05) is 13.0 Å². The van der Waals surface area contributed by atoms with Crippen molar-refractivity contribution in [2.45, 2.75) is 37.6 Å². The number of benzene rings is 1. The van der Waals surface area contributed by atoms with Crippen LogP contribution in [0.5, 0.6) is 11.5 Å². The minimum Gasteiger partial charge on any atom is -0.504 e. The van der Waals surface area contributed by atoms with Crippen molar-refractivity contribution in [2.24, 2.45) is 11.1 Å². The van der Waals surface area contributed by atoms with Gasteiger partial charge in [0.2, 0.25) is 0 Å². The Labute approximate surface area is 164 Å². The Bertz CT molecular complexity index is 838. The van der Waals surface area contributed by atoms with Gasteiger partial charge in [0.05, 0.1) is 13.7 Å². The van der Waals surface area contributed by atoms with Gasteiger partial charge in [-0.15, -0.1) is 0 Å². The number of piperidine rings is 1. The number of likely N-dealkylation sites (N-methyl/N-ethyl adjacent to an activating group) is 1. The van der Waals surface area contributed by atoms with Crippen LogP contribution in [0.2, 0.25) is 5.02 Å². The summed E-state index contributed by atoms with van der Waals surface area (Å²) < 4.78 is 11.2. The first-order chi connectivity index (χ1) is 13.0. The average molecular weight is 393 g/mol. The predicted molar refractivity (Wildman–Crippen MR) is 103 cm³/mol. The molecule has 0 amide bonds. The summed E-state index contributed by atoms with van der Waals surface area (Å²) in [6, 6.07) is 1.94. The maximum absolute atomic E-state index is 11.1. The van der Waals surface area contributed by atoms with Gasteiger partial charge in [0.15, 0.2) is 11.5 Å². The second kappa shape index (κ2) is 6.60. The van der Waals surface area contributed by atoms with Gasteiger partial charge in [0.25, 0.3) is 0 Å². The zero-order chi connectivity index (χ0) is 19.3. The minimum atomic E-state index is -0.425. The highest BCUT2D eigenvalue weighted by molar-refractivity contribution is 6.31. The van der Waals surface area contributed by atoms with Gasteiger partial charge in [-0.05, 0) is 50.9 Å². The first-order valence-corrected chi connectivity index (χ1v) is 9.70. The molecule has 1 fully saturated rings. The van der Waals surface area contributed by atoms with Crippen molar-refractivity contribution in [2.75, 3.05) is 27.3 Å². The summed E-state index contributed by atoms with van der Waals surface area (Å²) in [5, 5.41) is 24.7. The summed E-state index contributed by atoms with van der Waals surface area (Å²) in [6.07, 6.45) is 4.20. The Kier molecular flexibility index (Phi) is 4.51. The molecule has 0 aromatic heterocycles. The number of allylic oxidation sites excluding steroid dienone is 2. The number of halogens is 1. The molecule has 1 aromatic carbocycles. The van der Waals surface area contributed by atoms with Crippen molar-refractivity contribution in [3.8, 4) is 11.5 Å². The lowest BCUT2D eigenvalue weighted by atomic mass is 9.54. The molecule has 1 saturated heterocycles. The van der Waals surface area contributed by atoms with Gasteiger partial charge in [0.1, 0.15) is 11.5 Å². The number of hydrogen-bond donors (Lipinski definition) is 2. The van der Waals surface area contributed by atoms with E-state index in [1.54, 1.807) is 6.07 Å². The molecular weight excluding hydrogens is 368 g/mol. The average Bonchev–Trinajstić information content (AvgIpc) is 2.66. The molecule has 4 rings (SSSR count). The Morgan fingerprint density at radius 3 is 2.85 bits per heavy atom. The lowest BCUT2D eigenvalue weighted by Crippen LogP contribution is -2.60. The number of methoxy groups -OCH3 is 1. The van der Waals surface area contributed by atoms with E-state index in [4.69, 9.17) is 21.1 Å². The number of hydrogen-bond acceptors (Lipinski definition) is 6. The molecule has 6 nitrogen and oxygen atoms in total. The molecule has 7 heteroatoms. The Morgan fingerprint density at radius 1 is 1.41 bits per heavy atom. The molecule has 3 aliphatic rings. The number of likely N-dealkylation sites (tertiary alicyclic amines) is 1. The number of fused-ring (bicyclic) bond motifs is 1. The van der Waals surface area contributed by atoms with E-state index in [0.29, 0.717) is 35.3 Å². The molecule has 0 unspecified atom stereocenters. The molecule has 0 spiro atoms. The van der Waals surface area contributed by atoms with E-state index < -0.39 is 5.41 Å². The number of ether oxygens (including phenoxy) is 2. The van der Waals surface area contributed by atoms with Crippen LogP contribution >= 0.6 is 11.6 Å². The Hall–Kier alpha value is -1.92. The Balaban J connectivity index is 2.02. The van der Waals surface area contributed by atoms with E-state index in [1.165, 1.54) is 7.11 Å². The molecule has 2 bridgehead atoms. The topological polar surface area (TPSA) is 74.5 Å². The van der Waals surface area contributed by atoms with Crippen LogP contribution in [0.4, 0.5) is 0 Å². The molecule has 1 aliphatic heterocycles. The normalized spacial score (nSPS) is 31.1. The molecule has 1 heterocycles. The van der Waals surface area contributed by atoms with Gasteiger partial charge in [-0.2, -0.15) is 0 Å². The quantitative estimate of drug-likeness (QED) is 0.609. The number of phenols is 1. The zero-order valence-electron chi connectivity index (χ0n) is 15.8. The van der Waals surface area contributed by atoms with Crippen molar-refractivity contribution < 1.29 is 19.8 Å². The van der Waals surface area contributed by atoms with Crippen molar-refractivity contribution in [1.82, 2.24) is 4.90 Å². The van der Waals surface area contributed by atoms with E-state index in [-0.39, 0.29) is 17.7 Å². The van der Waals surface area contributed by atoms with E-state index in [0.717, 1.165) is 30.5 Å². The molecule has 2 N–H and O–H groups in total. The molecule has 2 aliphatic carbocycles.